The smallest absolute Gasteiger partial charge is 0.127 e. The molecular weight excluding hydrogens is 198 g/mol. The monoisotopic (exact) mass is 223 g/mol. The summed E-state index contributed by atoms with van der Waals surface area (Å²) < 4.78 is 2.18. The Morgan fingerprint density at radius 1 is 1.25 bits per heavy atom. The molecule has 0 aliphatic heterocycles. The molecule has 1 aromatic heterocycles. The van der Waals surface area contributed by atoms with Crippen molar-refractivity contribution in [1.29, 1.82) is 0 Å². The van der Waals surface area contributed by atoms with Crippen LogP contribution in [0.15, 0.2) is 0 Å². The Hall–Kier alpha value is -0.990. The lowest BCUT2D eigenvalue weighted by molar-refractivity contribution is 0.648. The van der Waals surface area contributed by atoms with Crippen LogP contribution in [0.3, 0.4) is 0 Å². The van der Waals surface area contributed by atoms with Crippen LogP contribution in [0, 0.1) is 0 Å². The fraction of sp³-hybridized carbons (Fsp3) is 0.769. The molecule has 0 spiro atoms. The molecule has 0 saturated carbocycles. The number of aryl methyl sites for hydroxylation is 1. The van der Waals surface area contributed by atoms with Crippen LogP contribution in [0.4, 0.5) is 5.82 Å². The first kappa shape index (κ1) is 13.1. The van der Waals surface area contributed by atoms with Gasteiger partial charge in [-0.25, -0.2) is 4.98 Å². The molecule has 92 valence electrons. The summed E-state index contributed by atoms with van der Waals surface area (Å²) in [5.74, 6) is 2.50. The van der Waals surface area contributed by atoms with Gasteiger partial charge in [0.15, 0.2) is 0 Å². The number of aromatic nitrogens is 2. The van der Waals surface area contributed by atoms with Crippen LogP contribution in [-0.4, -0.2) is 9.55 Å². The minimum absolute atomic E-state index is 0.480. The van der Waals surface area contributed by atoms with Crippen LogP contribution in [0.5, 0.6) is 0 Å². The van der Waals surface area contributed by atoms with Crippen LogP contribution >= 0.6 is 0 Å². The molecule has 3 heteroatoms. The molecule has 1 heterocycles. The Morgan fingerprint density at radius 3 is 2.44 bits per heavy atom. The van der Waals surface area contributed by atoms with Crippen LogP contribution in [-0.2, 0) is 13.0 Å². The Kier molecular flexibility index (Phi) is 4.84. The van der Waals surface area contributed by atoms with Gasteiger partial charge in [-0.1, -0.05) is 34.1 Å². The van der Waals surface area contributed by atoms with Crippen molar-refractivity contribution >= 4 is 5.82 Å². The van der Waals surface area contributed by atoms with E-state index in [1.165, 1.54) is 6.42 Å². The summed E-state index contributed by atoms with van der Waals surface area (Å²) in [7, 11) is 0. The van der Waals surface area contributed by atoms with Crippen LogP contribution in [0.2, 0.25) is 0 Å². The minimum Gasteiger partial charge on any atom is -0.384 e. The van der Waals surface area contributed by atoms with Gasteiger partial charge in [0.05, 0.1) is 5.69 Å². The molecule has 16 heavy (non-hydrogen) atoms. The summed E-state index contributed by atoms with van der Waals surface area (Å²) in [6.07, 6.45) is 4.41. The molecule has 0 fully saturated rings. The molecule has 3 nitrogen and oxygen atoms in total. The van der Waals surface area contributed by atoms with Crippen LogP contribution < -0.4 is 5.73 Å². The van der Waals surface area contributed by atoms with Crippen molar-refractivity contribution in [3.8, 4) is 0 Å². The highest BCUT2D eigenvalue weighted by Gasteiger charge is 2.17. The van der Waals surface area contributed by atoms with Crippen molar-refractivity contribution in [1.82, 2.24) is 9.55 Å². The van der Waals surface area contributed by atoms with E-state index in [1.54, 1.807) is 0 Å². The molecule has 0 amide bonds. The first-order chi connectivity index (χ1) is 7.65. The number of hydrogen-bond acceptors (Lipinski definition) is 2. The third-order valence-corrected chi connectivity index (χ3v) is 3.07. The van der Waals surface area contributed by atoms with Crippen molar-refractivity contribution in [2.24, 2.45) is 0 Å². The SMILES string of the molecule is CCCC(C)c1nc(CC)n(CCC)c1N. The summed E-state index contributed by atoms with van der Waals surface area (Å²) in [6, 6.07) is 0. The molecule has 1 unspecified atom stereocenters. The molecule has 0 aromatic carbocycles. The van der Waals surface area contributed by atoms with Crippen LogP contribution in [0.25, 0.3) is 0 Å². The van der Waals surface area contributed by atoms with E-state index in [0.29, 0.717) is 5.92 Å². The quantitative estimate of drug-likeness (QED) is 0.803. The van der Waals surface area contributed by atoms with Gasteiger partial charge in [0.1, 0.15) is 11.6 Å². The lowest BCUT2D eigenvalue weighted by Crippen LogP contribution is -2.07. The van der Waals surface area contributed by atoms with Crippen molar-refractivity contribution in [3.05, 3.63) is 11.5 Å². The second-order valence-electron chi connectivity index (χ2n) is 4.49. The van der Waals surface area contributed by atoms with Crippen molar-refractivity contribution < 1.29 is 0 Å². The number of anilines is 1. The summed E-state index contributed by atoms with van der Waals surface area (Å²) in [5, 5.41) is 0. The lowest BCUT2D eigenvalue weighted by Gasteiger charge is -2.09. The third-order valence-electron chi connectivity index (χ3n) is 3.07. The Morgan fingerprint density at radius 2 is 1.94 bits per heavy atom. The first-order valence-electron chi connectivity index (χ1n) is 6.50. The lowest BCUT2D eigenvalue weighted by atomic mass is 10.0. The third kappa shape index (κ3) is 2.57. The Labute approximate surface area is 99.1 Å². The Balaban J connectivity index is 3.02. The number of nitrogen functional groups attached to an aromatic ring is 1. The van der Waals surface area contributed by atoms with Crippen molar-refractivity contribution in [2.45, 2.75) is 65.8 Å². The maximum absolute atomic E-state index is 6.20. The highest BCUT2D eigenvalue weighted by molar-refractivity contribution is 5.40. The largest absolute Gasteiger partial charge is 0.384 e. The number of hydrogen-bond donors (Lipinski definition) is 1. The van der Waals surface area contributed by atoms with Gasteiger partial charge in [-0.15, -0.1) is 0 Å². The van der Waals surface area contributed by atoms with Crippen molar-refractivity contribution in [3.63, 3.8) is 0 Å². The molecule has 1 aromatic rings. The van der Waals surface area contributed by atoms with E-state index in [0.717, 1.165) is 43.1 Å². The first-order valence-corrected chi connectivity index (χ1v) is 6.50. The number of nitrogens with two attached hydrogens (primary N) is 1. The highest BCUT2D eigenvalue weighted by Crippen LogP contribution is 2.26. The average molecular weight is 223 g/mol. The van der Waals surface area contributed by atoms with Gasteiger partial charge in [-0.3, -0.25) is 0 Å². The van der Waals surface area contributed by atoms with E-state index in [-0.39, 0.29) is 0 Å². The van der Waals surface area contributed by atoms with E-state index < -0.39 is 0 Å². The van der Waals surface area contributed by atoms with E-state index in [4.69, 9.17) is 10.7 Å². The summed E-state index contributed by atoms with van der Waals surface area (Å²) >= 11 is 0. The number of rotatable bonds is 6. The minimum atomic E-state index is 0.480. The number of nitrogens with zero attached hydrogens (tertiary/aromatic N) is 2. The summed E-state index contributed by atoms with van der Waals surface area (Å²) in [6.45, 7) is 9.73. The van der Waals surface area contributed by atoms with Gasteiger partial charge in [0.25, 0.3) is 0 Å². The standard InChI is InChI=1S/C13H25N3/c1-5-8-10(4)12-13(14)16(9-6-2)11(7-3)15-12/h10H,5-9,14H2,1-4H3. The maximum Gasteiger partial charge on any atom is 0.127 e. The van der Waals surface area contributed by atoms with Gasteiger partial charge in [0.2, 0.25) is 0 Å². The molecule has 0 aliphatic rings. The second kappa shape index (κ2) is 5.92. The van der Waals surface area contributed by atoms with Gasteiger partial charge >= 0.3 is 0 Å². The predicted octanol–water partition coefficient (Wildman–Crippen LogP) is 3.34. The molecule has 1 atom stereocenters. The fourth-order valence-electron chi connectivity index (χ4n) is 2.21. The van der Waals surface area contributed by atoms with E-state index in [9.17, 15) is 0 Å². The molecule has 2 N–H and O–H groups in total. The van der Waals surface area contributed by atoms with Gasteiger partial charge in [-0.05, 0) is 12.8 Å². The van der Waals surface area contributed by atoms with E-state index in [1.807, 2.05) is 0 Å². The van der Waals surface area contributed by atoms with Gasteiger partial charge in [0, 0.05) is 18.9 Å². The highest BCUT2D eigenvalue weighted by atomic mass is 15.1. The van der Waals surface area contributed by atoms with Gasteiger partial charge in [-0.2, -0.15) is 0 Å². The Bertz CT molecular complexity index is 328. The molecule has 1 rings (SSSR count). The zero-order valence-corrected chi connectivity index (χ0v) is 11.1. The maximum atomic E-state index is 6.20. The summed E-state index contributed by atoms with van der Waals surface area (Å²) in [5.41, 5.74) is 7.30. The average Bonchev–Trinajstić information content (AvgIpc) is 2.57. The van der Waals surface area contributed by atoms with Crippen LogP contribution in [0.1, 0.15) is 64.4 Å². The fourth-order valence-corrected chi connectivity index (χ4v) is 2.21. The molecule has 0 radical (unpaired) electrons. The number of imidazole rings is 1. The molecule has 0 aliphatic carbocycles. The zero-order chi connectivity index (χ0) is 12.1. The topological polar surface area (TPSA) is 43.8 Å². The molecule has 0 saturated heterocycles. The second-order valence-corrected chi connectivity index (χ2v) is 4.49. The molecular formula is C13H25N3. The zero-order valence-electron chi connectivity index (χ0n) is 11.1. The van der Waals surface area contributed by atoms with E-state index in [2.05, 4.69) is 32.3 Å². The van der Waals surface area contributed by atoms with E-state index >= 15 is 0 Å². The summed E-state index contributed by atoms with van der Waals surface area (Å²) in [4.78, 5) is 4.70. The predicted molar refractivity (Wildman–Crippen MR) is 69.6 cm³/mol. The molecule has 0 bridgehead atoms. The van der Waals surface area contributed by atoms with Gasteiger partial charge < -0.3 is 10.3 Å². The normalized spacial score (nSPS) is 13.0. The van der Waals surface area contributed by atoms with Crippen molar-refractivity contribution in [2.75, 3.05) is 5.73 Å².